The predicted octanol–water partition coefficient (Wildman–Crippen LogP) is 2.36. The fourth-order valence-corrected chi connectivity index (χ4v) is 4.56. The molecule has 1 fully saturated rings. The lowest BCUT2D eigenvalue weighted by Gasteiger charge is -2.26. The van der Waals surface area contributed by atoms with E-state index in [1.807, 2.05) is 49.4 Å². The molecule has 0 bridgehead atoms. The maximum Gasteiger partial charge on any atom is 0.283 e. The van der Waals surface area contributed by atoms with Crippen LogP contribution in [0.4, 0.5) is 0 Å². The highest BCUT2D eigenvalue weighted by atomic mass is 32.2. The number of nitrogens with zero attached hydrogens (tertiary/aromatic N) is 2. The lowest BCUT2D eigenvalue weighted by Crippen LogP contribution is -2.41. The first-order valence-electron chi connectivity index (χ1n) is 10.1. The minimum atomic E-state index is -0.258. The van der Waals surface area contributed by atoms with E-state index in [0.717, 1.165) is 44.0 Å². The van der Waals surface area contributed by atoms with Gasteiger partial charge in [-0.15, -0.1) is 11.8 Å². The van der Waals surface area contributed by atoms with E-state index in [2.05, 4.69) is 15.2 Å². The summed E-state index contributed by atoms with van der Waals surface area (Å²) < 4.78 is 5.33. The highest BCUT2D eigenvalue weighted by molar-refractivity contribution is 8.05. The van der Waals surface area contributed by atoms with Gasteiger partial charge in [0.1, 0.15) is 0 Å². The number of aryl methyl sites for hydroxylation is 1. The molecular formula is C23H25N3O3S. The van der Waals surface area contributed by atoms with Gasteiger partial charge in [0.15, 0.2) is 0 Å². The molecule has 0 radical (unpaired) electrons. The summed E-state index contributed by atoms with van der Waals surface area (Å²) in [6.45, 7) is 6.69. The Hall–Kier alpha value is -2.48. The second kappa shape index (κ2) is 9.55. The van der Waals surface area contributed by atoms with Crippen LogP contribution in [0.1, 0.15) is 11.1 Å². The molecule has 156 valence electrons. The van der Waals surface area contributed by atoms with E-state index < -0.39 is 0 Å². The zero-order valence-corrected chi connectivity index (χ0v) is 17.8. The van der Waals surface area contributed by atoms with Crippen molar-refractivity contribution in [3.05, 3.63) is 64.1 Å². The van der Waals surface area contributed by atoms with Crippen molar-refractivity contribution in [2.24, 2.45) is 4.99 Å². The van der Waals surface area contributed by atoms with Gasteiger partial charge in [-0.05, 0) is 24.6 Å². The summed E-state index contributed by atoms with van der Waals surface area (Å²) in [5.74, 6) is -0.398. The van der Waals surface area contributed by atoms with Crippen molar-refractivity contribution >= 4 is 35.4 Å². The molecule has 2 aliphatic heterocycles. The van der Waals surface area contributed by atoms with E-state index in [9.17, 15) is 9.59 Å². The first-order valence-corrected chi connectivity index (χ1v) is 11.0. The summed E-state index contributed by atoms with van der Waals surface area (Å²) in [7, 11) is 0. The molecule has 1 aromatic rings. The van der Waals surface area contributed by atoms with Crippen molar-refractivity contribution in [3.63, 3.8) is 0 Å². The van der Waals surface area contributed by atoms with E-state index >= 15 is 0 Å². The Balaban J connectivity index is 1.39. The zero-order chi connectivity index (χ0) is 20.9. The minimum Gasteiger partial charge on any atom is -0.379 e. The van der Waals surface area contributed by atoms with E-state index in [1.165, 1.54) is 11.8 Å². The SMILES string of the molecule is Cc1cccc(/C=C2/SC3C=CC(C(=O)NCCN4CCOCC4)=CC3=NC2=O)c1. The van der Waals surface area contributed by atoms with Crippen LogP contribution in [0.25, 0.3) is 6.08 Å². The second-order valence-electron chi connectivity index (χ2n) is 7.47. The number of aliphatic imine (C=N–C) groups is 1. The molecule has 2 amide bonds. The molecule has 4 rings (SSSR count). The maximum atomic E-state index is 12.5. The monoisotopic (exact) mass is 423 g/mol. The summed E-state index contributed by atoms with van der Waals surface area (Å²) in [5.41, 5.74) is 3.30. The van der Waals surface area contributed by atoms with Crippen molar-refractivity contribution in [2.45, 2.75) is 12.2 Å². The Morgan fingerprint density at radius 1 is 1.37 bits per heavy atom. The van der Waals surface area contributed by atoms with E-state index in [-0.39, 0.29) is 17.1 Å². The van der Waals surface area contributed by atoms with Gasteiger partial charge in [-0.2, -0.15) is 0 Å². The van der Waals surface area contributed by atoms with Crippen LogP contribution in [-0.2, 0) is 14.3 Å². The molecule has 1 N–H and O–H groups in total. The van der Waals surface area contributed by atoms with E-state index in [4.69, 9.17) is 4.74 Å². The number of rotatable bonds is 5. The number of amides is 2. The number of morpholine rings is 1. The number of carbonyl (C=O) groups excluding carboxylic acids is 2. The molecular weight excluding hydrogens is 398 g/mol. The van der Waals surface area contributed by atoms with Gasteiger partial charge in [0.25, 0.3) is 11.8 Å². The number of nitrogens with one attached hydrogen (secondary N) is 1. The molecule has 2 heterocycles. The first-order chi connectivity index (χ1) is 14.6. The van der Waals surface area contributed by atoms with Crippen molar-refractivity contribution in [1.29, 1.82) is 0 Å². The van der Waals surface area contributed by atoms with Crippen LogP contribution < -0.4 is 5.32 Å². The number of hydrogen-bond acceptors (Lipinski definition) is 5. The normalized spacial score (nSPS) is 23.0. The summed E-state index contributed by atoms with van der Waals surface area (Å²) in [6.07, 6.45) is 7.37. The molecule has 1 unspecified atom stereocenters. The molecule has 0 spiro atoms. The third kappa shape index (κ3) is 5.16. The summed E-state index contributed by atoms with van der Waals surface area (Å²) in [6, 6.07) is 8.01. The maximum absolute atomic E-state index is 12.5. The Bertz CT molecular complexity index is 958. The molecule has 1 saturated heterocycles. The molecule has 30 heavy (non-hydrogen) atoms. The Morgan fingerprint density at radius 2 is 2.20 bits per heavy atom. The van der Waals surface area contributed by atoms with Crippen LogP contribution in [-0.4, -0.2) is 67.1 Å². The molecule has 6 nitrogen and oxygen atoms in total. The number of carbonyl (C=O) groups is 2. The van der Waals surface area contributed by atoms with Gasteiger partial charge in [0, 0.05) is 31.8 Å². The van der Waals surface area contributed by atoms with E-state index in [1.54, 1.807) is 6.08 Å². The number of fused-ring (bicyclic) bond motifs is 1. The van der Waals surface area contributed by atoms with Gasteiger partial charge in [-0.25, -0.2) is 4.99 Å². The number of thioether (sulfide) groups is 1. The molecule has 1 aliphatic carbocycles. The fraction of sp³-hybridized carbons (Fsp3) is 0.348. The van der Waals surface area contributed by atoms with Gasteiger partial charge >= 0.3 is 0 Å². The van der Waals surface area contributed by atoms with Crippen molar-refractivity contribution in [1.82, 2.24) is 10.2 Å². The second-order valence-corrected chi connectivity index (χ2v) is 8.66. The van der Waals surface area contributed by atoms with Crippen molar-refractivity contribution < 1.29 is 14.3 Å². The topological polar surface area (TPSA) is 71.0 Å². The number of allylic oxidation sites excluding steroid dienone is 1. The Morgan fingerprint density at radius 3 is 3.00 bits per heavy atom. The third-order valence-corrected chi connectivity index (χ3v) is 6.36. The highest BCUT2D eigenvalue weighted by Crippen LogP contribution is 2.34. The van der Waals surface area contributed by atoms with E-state index in [0.29, 0.717) is 22.7 Å². The largest absolute Gasteiger partial charge is 0.379 e. The van der Waals surface area contributed by atoms with Gasteiger partial charge in [-0.1, -0.05) is 42.0 Å². The Labute approximate surface area is 180 Å². The average Bonchev–Trinajstić information content (AvgIpc) is 2.75. The van der Waals surface area contributed by atoms with Crippen LogP contribution in [0.5, 0.6) is 0 Å². The van der Waals surface area contributed by atoms with Crippen LogP contribution in [0.3, 0.4) is 0 Å². The quantitative estimate of drug-likeness (QED) is 0.737. The number of benzene rings is 1. The lowest BCUT2D eigenvalue weighted by molar-refractivity contribution is -0.117. The van der Waals surface area contributed by atoms with Crippen LogP contribution in [0.15, 0.2) is 58.0 Å². The Kier molecular flexibility index (Phi) is 6.62. The van der Waals surface area contributed by atoms with Gasteiger partial charge in [0.2, 0.25) is 0 Å². The third-order valence-electron chi connectivity index (χ3n) is 5.16. The molecule has 0 saturated carbocycles. The number of hydrogen-bond donors (Lipinski definition) is 1. The molecule has 1 aromatic carbocycles. The summed E-state index contributed by atoms with van der Waals surface area (Å²) in [5, 5.41) is 2.90. The zero-order valence-electron chi connectivity index (χ0n) is 17.0. The predicted molar refractivity (Wildman–Crippen MR) is 120 cm³/mol. The smallest absolute Gasteiger partial charge is 0.283 e. The molecule has 0 aromatic heterocycles. The van der Waals surface area contributed by atoms with Gasteiger partial charge < -0.3 is 10.1 Å². The fourth-order valence-electron chi connectivity index (χ4n) is 3.54. The van der Waals surface area contributed by atoms with Crippen LogP contribution in [0, 0.1) is 6.92 Å². The average molecular weight is 424 g/mol. The standard InChI is InChI=1S/C23H25N3O3S/c1-16-3-2-4-17(13-16)14-21-23(28)25-19-15-18(5-6-20(19)30-21)22(27)24-7-8-26-9-11-29-12-10-26/h2-6,13-15,20H,7-12H2,1H3,(H,24,27)/b21-14+. The van der Waals surface area contributed by atoms with Gasteiger partial charge in [-0.3, -0.25) is 14.5 Å². The molecule has 7 heteroatoms. The molecule has 1 atom stereocenters. The van der Waals surface area contributed by atoms with Crippen LogP contribution >= 0.6 is 11.8 Å². The first kappa shape index (κ1) is 20.8. The lowest BCUT2D eigenvalue weighted by atomic mass is 10.0. The molecule has 3 aliphatic rings. The summed E-state index contributed by atoms with van der Waals surface area (Å²) in [4.78, 5) is 32.2. The summed E-state index contributed by atoms with van der Waals surface area (Å²) >= 11 is 1.47. The minimum absolute atomic E-state index is 0.0522. The van der Waals surface area contributed by atoms with Gasteiger partial charge in [0.05, 0.1) is 29.1 Å². The number of ether oxygens (including phenoxy) is 1. The van der Waals surface area contributed by atoms with Crippen molar-refractivity contribution in [3.8, 4) is 0 Å². The van der Waals surface area contributed by atoms with Crippen LogP contribution in [0.2, 0.25) is 0 Å². The highest BCUT2D eigenvalue weighted by Gasteiger charge is 2.28. The van der Waals surface area contributed by atoms with Crippen molar-refractivity contribution in [2.75, 3.05) is 39.4 Å².